The number of hydrogen-bond acceptors (Lipinski definition) is 5. The summed E-state index contributed by atoms with van der Waals surface area (Å²) in [5.74, 6) is -2.31. The number of esters is 1. The Balaban J connectivity index is 1.65. The van der Waals surface area contributed by atoms with Crippen molar-refractivity contribution in [2.45, 2.75) is 78.6 Å². The zero-order valence-electron chi connectivity index (χ0n) is 20.9. The van der Waals surface area contributed by atoms with E-state index in [-0.39, 0.29) is 52.7 Å². The second-order valence-corrected chi connectivity index (χ2v) is 12.2. The summed E-state index contributed by atoms with van der Waals surface area (Å²) in [4.78, 5) is 49.7. The van der Waals surface area contributed by atoms with Crippen molar-refractivity contribution in [3.05, 3.63) is 0 Å². The lowest BCUT2D eigenvalue weighted by Crippen LogP contribution is -2.61. The molecule has 4 aliphatic carbocycles. The van der Waals surface area contributed by atoms with E-state index in [2.05, 4.69) is 20.8 Å². The summed E-state index contributed by atoms with van der Waals surface area (Å²) in [6.45, 7) is 6.41. The summed E-state index contributed by atoms with van der Waals surface area (Å²) >= 11 is 0. The van der Waals surface area contributed by atoms with Gasteiger partial charge in [-0.05, 0) is 85.4 Å². The van der Waals surface area contributed by atoms with Gasteiger partial charge in [0, 0.05) is 18.8 Å². The Bertz CT molecular complexity index is 867. The van der Waals surface area contributed by atoms with Crippen molar-refractivity contribution in [3.8, 4) is 0 Å². The van der Waals surface area contributed by atoms with Gasteiger partial charge in [-0.1, -0.05) is 20.8 Å². The van der Waals surface area contributed by atoms with Gasteiger partial charge in [0.15, 0.2) is 0 Å². The topological polar surface area (TPSA) is 118 Å². The molecule has 7 heteroatoms. The Morgan fingerprint density at radius 2 is 1.76 bits per heavy atom. The van der Waals surface area contributed by atoms with Gasteiger partial charge in [-0.3, -0.25) is 19.2 Å². The fourth-order valence-electron chi connectivity index (χ4n) is 9.14. The van der Waals surface area contributed by atoms with Crippen LogP contribution in [-0.4, -0.2) is 41.0 Å². The normalized spacial score (nSPS) is 44.4. The maximum absolute atomic E-state index is 13.6. The molecule has 10 atom stereocenters. The van der Waals surface area contributed by atoms with Crippen LogP contribution in [0.2, 0.25) is 0 Å². The Labute approximate surface area is 202 Å². The fourth-order valence-corrected chi connectivity index (χ4v) is 9.14. The van der Waals surface area contributed by atoms with Gasteiger partial charge in [-0.25, -0.2) is 0 Å². The summed E-state index contributed by atoms with van der Waals surface area (Å²) in [7, 11) is 1.38. The number of carbonyl (C=O) groups is 4. The maximum atomic E-state index is 13.6. The Morgan fingerprint density at radius 1 is 1.06 bits per heavy atom. The van der Waals surface area contributed by atoms with Crippen molar-refractivity contribution in [1.29, 1.82) is 0 Å². The number of ether oxygens (including phenoxy) is 1. The molecule has 190 valence electrons. The molecule has 0 radical (unpaired) electrons. The minimum atomic E-state index is -0.782. The van der Waals surface area contributed by atoms with E-state index in [0.29, 0.717) is 38.5 Å². The molecule has 34 heavy (non-hydrogen) atoms. The van der Waals surface area contributed by atoms with Crippen LogP contribution in [0.1, 0.15) is 78.6 Å². The first kappa shape index (κ1) is 25.2. The highest BCUT2D eigenvalue weighted by atomic mass is 16.5. The highest BCUT2D eigenvalue weighted by Crippen LogP contribution is 2.69. The van der Waals surface area contributed by atoms with E-state index in [9.17, 15) is 29.4 Å². The summed E-state index contributed by atoms with van der Waals surface area (Å²) in [5, 5.41) is 20.0. The van der Waals surface area contributed by atoms with Gasteiger partial charge < -0.3 is 14.9 Å². The number of carboxylic acids is 2. The van der Waals surface area contributed by atoms with Crippen molar-refractivity contribution in [1.82, 2.24) is 0 Å². The van der Waals surface area contributed by atoms with Crippen LogP contribution in [-0.2, 0) is 23.9 Å². The van der Waals surface area contributed by atoms with Gasteiger partial charge in [0.05, 0.1) is 18.9 Å². The van der Waals surface area contributed by atoms with Crippen LogP contribution >= 0.6 is 0 Å². The average Bonchev–Trinajstić information content (AvgIpc) is 3.14. The molecule has 0 spiro atoms. The average molecular weight is 477 g/mol. The molecule has 4 aliphatic rings. The summed E-state index contributed by atoms with van der Waals surface area (Å²) in [5.41, 5.74) is -0.673. The van der Waals surface area contributed by atoms with E-state index in [4.69, 9.17) is 4.74 Å². The van der Waals surface area contributed by atoms with E-state index in [0.717, 1.165) is 19.3 Å². The lowest BCUT2D eigenvalue weighted by Gasteiger charge is -2.61. The summed E-state index contributed by atoms with van der Waals surface area (Å²) < 4.78 is 4.81. The van der Waals surface area contributed by atoms with Crippen LogP contribution < -0.4 is 0 Å². The first-order valence-electron chi connectivity index (χ1n) is 13.0. The van der Waals surface area contributed by atoms with E-state index >= 15 is 0 Å². The minimum absolute atomic E-state index is 0.00297. The van der Waals surface area contributed by atoms with Crippen molar-refractivity contribution in [2.24, 2.45) is 58.2 Å². The second-order valence-electron chi connectivity index (χ2n) is 12.2. The van der Waals surface area contributed by atoms with Gasteiger partial charge in [-0.2, -0.15) is 0 Å². The molecule has 0 heterocycles. The third-order valence-corrected chi connectivity index (χ3v) is 11.1. The van der Waals surface area contributed by atoms with E-state index in [1.165, 1.54) is 7.11 Å². The third kappa shape index (κ3) is 3.78. The Kier molecular flexibility index (Phi) is 6.62. The second kappa shape index (κ2) is 8.94. The highest BCUT2D eigenvalue weighted by Gasteiger charge is 2.67. The largest absolute Gasteiger partial charge is 0.481 e. The quantitative estimate of drug-likeness (QED) is 0.545. The monoisotopic (exact) mass is 476 g/mol. The molecular weight excluding hydrogens is 436 g/mol. The molecule has 0 aromatic heterocycles. The van der Waals surface area contributed by atoms with Crippen molar-refractivity contribution < 1.29 is 34.1 Å². The molecule has 0 saturated heterocycles. The zero-order valence-corrected chi connectivity index (χ0v) is 20.9. The first-order valence-corrected chi connectivity index (χ1v) is 13.0. The molecule has 0 unspecified atom stereocenters. The lowest BCUT2D eigenvalue weighted by atomic mass is 9.41. The number of carbonyl (C=O) groups excluding carboxylic acids is 2. The molecule has 7 nitrogen and oxygen atoms in total. The number of hydrogen-bond donors (Lipinski definition) is 2. The highest BCUT2D eigenvalue weighted by molar-refractivity contribution is 5.84. The molecule has 0 aromatic carbocycles. The SMILES string of the molecule is COC(=O)CC[C@H](C)[C@H]1CC[C@@H]2[C@@H]3C(=O)C[C@@H]4C[C@H](C(=O)O)CC[C@]4(C)[C@H]3C[C@H](C(=O)O)[C@@]21C. The fraction of sp³-hybridized carbons (Fsp3) is 0.852. The maximum Gasteiger partial charge on any atom is 0.307 e. The minimum Gasteiger partial charge on any atom is -0.481 e. The van der Waals surface area contributed by atoms with Gasteiger partial charge in [0.2, 0.25) is 0 Å². The predicted molar refractivity (Wildman–Crippen MR) is 124 cm³/mol. The summed E-state index contributed by atoms with van der Waals surface area (Å²) in [6.07, 6.45) is 5.49. The smallest absolute Gasteiger partial charge is 0.307 e. The molecule has 0 aliphatic heterocycles. The van der Waals surface area contributed by atoms with E-state index in [1.807, 2.05) is 0 Å². The van der Waals surface area contributed by atoms with Gasteiger partial charge in [0.1, 0.15) is 5.78 Å². The predicted octanol–water partition coefficient (Wildman–Crippen LogP) is 4.43. The van der Waals surface area contributed by atoms with Gasteiger partial charge in [0.25, 0.3) is 0 Å². The number of fused-ring (bicyclic) bond motifs is 5. The molecule has 4 fully saturated rings. The number of ketones is 1. The van der Waals surface area contributed by atoms with E-state index in [1.54, 1.807) is 0 Å². The third-order valence-electron chi connectivity index (χ3n) is 11.1. The lowest BCUT2D eigenvalue weighted by molar-refractivity contribution is -0.182. The molecule has 4 saturated carbocycles. The van der Waals surface area contributed by atoms with Crippen molar-refractivity contribution >= 4 is 23.7 Å². The van der Waals surface area contributed by atoms with Crippen LogP contribution in [0.5, 0.6) is 0 Å². The standard InChI is InChI=1S/C27H40O7/c1-14(5-8-22(29)34-4)17-6-7-18-23-19(13-20(25(32)33)27(17,18)3)26(2)10-9-15(24(30)31)11-16(26)12-21(23)28/h14-20,23H,5-13H2,1-4H3,(H,30,31)(H,32,33)/t14-,15+,16-,17+,18+,19-,20+,23-,26-,27+/m0/s1. The van der Waals surface area contributed by atoms with Crippen LogP contribution in [0.25, 0.3) is 0 Å². The summed E-state index contributed by atoms with van der Waals surface area (Å²) in [6, 6.07) is 0. The van der Waals surface area contributed by atoms with Crippen LogP contribution in [0.15, 0.2) is 0 Å². The number of aliphatic carboxylic acids is 2. The van der Waals surface area contributed by atoms with Gasteiger partial charge >= 0.3 is 17.9 Å². The number of Topliss-reactive ketones (excluding diaryl/α,β-unsaturated/α-hetero) is 1. The molecular formula is C27H40O7. The van der Waals surface area contributed by atoms with Crippen molar-refractivity contribution in [3.63, 3.8) is 0 Å². The number of methoxy groups -OCH3 is 1. The van der Waals surface area contributed by atoms with E-state index < -0.39 is 29.2 Å². The molecule has 0 aromatic rings. The molecule has 0 amide bonds. The Hall–Kier alpha value is -1.92. The molecule has 0 bridgehead atoms. The van der Waals surface area contributed by atoms with Gasteiger partial charge in [-0.15, -0.1) is 0 Å². The van der Waals surface area contributed by atoms with Crippen LogP contribution in [0.4, 0.5) is 0 Å². The number of carboxylic acid groups (broad SMARTS) is 2. The molecule has 4 rings (SSSR count). The zero-order chi connectivity index (χ0) is 25.0. The van der Waals surface area contributed by atoms with Crippen molar-refractivity contribution in [2.75, 3.05) is 7.11 Å². The van der Waals surface area contributed by atoms with Crippen LogP contribution in [0.3, 0.4) is 0 Å². The first-order chi connectivity index (χ1) is 15.9. The molecule has 2 N–H and O–H groups in total. The van der Waals surface area contributed by atoms with Crippen LogP contribution in [0, 0.1) is 58.2 Å². The number of rotatable bonds is 6. The Morgan fingerprint density at radius 3 is 2.38 bits per heavy atom.